The Balaban J connectivity index is 2.18. The van der Waals surface area contributed by atoms with Crippen LogP contribution in [0.3, 0.4) is 0 Å². The van der Waals surface area contributed by atoms with Crippen molar-refractivity contribution in [2.24, 2.45) is 5.73 Å². The number of hydrogen-bond donors (Lipinski definition) is 1. The minimum Gasteiger partial charge on any atom is -0.437 e. The third-order valence-corrected chi connectivity index (χ3v) is 2.30. The van der Waals surface area contributed by atoms with E-state index in [2.05, 4.69) is 9.97 Å². The molecule has 2 aromatic rings. The second-order valence-corrected chi connectivity index (χ2v) is 3.72. The highest BCUT2D eigenvalue weighted by Gasteiger charge is 2.31. The van der Waals surface area contributed by atoms with Crippen molar-refractivity contribution in [3.8, 4) is 11.6 Å². The van der Waals surface area contributed by atoms with Crippen molar-refractivity contribution in [2.75, 3.05) is 0 Å². The maximum absolute atomic E-state index is 12.5. The molecule has 100 valence electrons. The highest BCUT2D eigenvalue weighted by Crippen LogP contribution is 2.31. The van der Waals surface area contributed by atoms with Crippen LogP contribution in [0.15, 0.2) is 36.8 Å². The average Bonchev–Trinajstić information content (AvgIpc) is 2.39. The fraction of sp³-hybridized carbons (Fsp3) is 0.167. The molecule has 2 aromatic heterocycles. The number of hydrogen-bond acceptors (Lipinski definition) is 4. The molecule has 0 spiro atoms. The third-order valence-electron chi connectivity index (χ3n) is 2.30. The van der Waals surface area contributed by atoms with E-state index in [1.54, 1.807) is 6.07 Å². The summed E-state index contributed by atoms with van der Waals surface area (Å²) in [5, 5.41) is 0. The van der Waals surface area contributed by atoms with E-state index in [1.165, 1.54) is 18.5 Å². The van der Waals surface area contributed by atoms with Gasteiger partial charge in [0.05, 0.1) is 11.8 Å². The Morgan fingerprint density at radius 2 is 1.95 bits per heavy atom. The monoisotopic (exact) mass is 269 g/mol. The van der Waals surface area contributed by atoms with Crippen LogP contribution < -0.4 is 10.5 Å². The molecular weight excluding hydrogens is 259 g/mol. The van der Waals surface area contributed by atoms with Crippen molar-refractivity contribution in [1.82, 2.24) is 9.97 Å². The number of alkyl halides is 3. The Hall–Kier alpha value is -2.15. The maximum atomic E-state index is 12.5. The van der Waals surface area contributed by atoms with E-state index in [0.717, 1.165) is 17.8 Å². The second-order valence-electron chi connectivity index (χ2n) is 3.72. The van der Waals surface area contributed by atoms with Gasteiger partial charge in [0, 0.05) is 25.0 Å². The van der Waals surface area contributed by atoms with Crippen molar-refractivity contribution in [3.05, 3.63) is 47.9 Å². The largest absolute Gasteiger partial charge is 0.437 e. The summed E-state index contributed by atoms with van der Waals surface area (Å²) in [4.78, 5) is 7.41. The molecule has 0 saturated heterocycles. The number of ether oxygens (including phenoxy) is 1. The van der Waals surface area contributed by atoms with E-state index >= 15 is 0 Å². The average molecular weight is 269 g/mol. The van der Waals surface area contributed by atoms with Gasteiger partial charge in [-0.1, -0.05) is 6.07 Å². The smallest absolute Gasteiger partial charge is 0.418 e. The van der Waals surface area contributed by atoms with Gasteiger partial charge in [0.2, 0.25) is 5.88 Å². The predicted octanol–water partition coefficient (Wildman–Crippen LogP) is 2.75. The summed E-state index contributed by atoms with van der Waals surface area (Å²) in [6, 6.07) is 4.08. The SMILES string of the molecule is NCc1ccc(Oc2cncc(C(F)(F)F)c2)nc1. The zero-order valence-electron chi connectivity index (χ0n) is 9.69. The quantitative estimate of drug-likeness (QED) is 0.930. The number of pyridine rings is 2. The zero-order valence-corrected chi connectivity index (χ0v) is 9.69. The molecule has 7 heteroatoms. The van der Waals surface area contributed by atoms with Crippen LogP contribution in [0.1, 0.15) is 11.1 Å². The lowest BCUT2D eigenvalue weighted by atomic mass is 10.2. The van der Waals surface area contributed by atoms with Crippen LogP contribution in [-0.4, -0.2) is 9.97 Å². The fourth-order valence-electron chi connectivity index (χ4n) is 1.34. The van der Waals surface area contributed by atoms with Crippen molar-refractivity contribution in [3.63, 3.8) is 0 Å². The molecule has 2 N–H and O–H groups in total. The predicted molar refractivity (Wildman–Crippen MR) is 61.4 cm³/mol. The maximum Gasteiger partial charge on any atom is 0.418 e. The normalized spacial score (nSPS) is 11.4. The molecule has 0 aromatic carbocycles. The van der Waals surface area contributed by atoms with Crippen LogP contribution in [0.2, 0.25) is 0 Å². The van der Waals surface area contributed by atoms with Gasteiger partial charge in [0.25, 0.3) is 0 Å². The summed E-state index contributed by atoms with van der Waals surface area (Å²) in [6.45, 7) is 0.332. The molecule has 0 unspecified atom stereocenters. The molecule has 0 saturated carbocycles. The summed E-state index contributed by atoms with van der Waals surface area (Å²) in [5.74, 6) is 0.154. The van der Waals surface area contributed by atoms with E-state index in [4.69, 9.17) is 10.5 Å². The van der Waals surface area contributed by atoms with Crippen LogP contribution in [0, 0.1) is 0 Å². The van der Waals surface area contributed by atoms with Crippen LogP contribution in [0.4, 0.5) is 13.2 Å². The van der Waals surface area contributed by atoms with Crippen LogP contribution >= 0.6 is 0 Å². The van der Waals surface area contributed by atoms with Crippen LogP contribution in [0.25, 0.3) is 0 Å². The number of nitrogens with two attached hydrogens (primary N) is 1. The fourth-order valence-corrected chi connectivity index (χ4v) is 1.34. The molecule has 19 heavy (non-hydrogen) atoms. The molecule has 4 nitrogen and oxygen atoms in total. The van der Waals surface area contributed by atoms with Gasteiger partial charge in [-0.2, -0.15) is 13.2 Å². The summed E-state index contributed by atoms with van der Waals surface area (Å²) in [5.41, 5.74) is 5.33. The number of rotatable bonds is 3. The Bertz CT molecular complexity index is 555. The molecule has 0 bridgehead atoms. The molecule has 0 amide bonds. The van der Waals surface area contributed by atoms with E-state index in [1.807, 2.05) is 0 Å². The van der Waals surface area contributed by atoms with Crippen molar-refractivity contribution in [1.29, 1.82) is 0 Å². The summed E-state index contributed by atoms with van der Waals surface area (Å²) < 4.78 is 42.6. The van der Waals surface area contributed by atoms with Gasteiger partial charge in [-0.25, -0.2) is 4.98 Å². The van der Waals surface area contributed by atoms with E-state index in [0.29, 0.717) is 6.54 Å². The third kappa shape index (κ3) is 3.41. The van der Waals surface area contributed by atoms with E-state index in [-0.39, 0.29) is 11.6 Å². The molecule has 2 heterocycles. The lowest BCUT2D eigenvalue weighted by Gasteiger charge is -2.08. The van der Waals surface area contributed by atoms with Gasteiger partial charge < -0.3 is 10.5 Å². The topological polar surface area (TPSA) is 61.0 Å². The first-order chi connectivity index (χ1) is 8.99. The summed E-state index contributed by atoms with van der Waals surface area (Å²) in [6.07, 6.45) is -1.04. The van der Waals surface area contributed by atoms with Crippen molar-refractivity contribution < 1.29 is 17.9 Å². The van der Waals surface area contributed by atoms with Crippen molar-refractivity contribution in [2.45, 2.75) is 12.7 Å². The Kier molecular flexibility index (Phi) is 3.66. The van der Waals surface area contributed by atoms with Gasteiger partial charge >= 0.3 is 6.18 Å². The van der Waals surface area contributed by atoms with Crippen LogP contribution in [0.5, 0.6) is 11.6 Å². The van der Waals surface area contributed by atoms with E-state index < -0.39 is 11.7 Å². The summed E-state index contributed by atoms with van der Waals surface area (Å²) in [7, 11) is 0. The number of aromatic nitrogens is 2. The molecule has 0 aliphatic rings. The van der Waals surface area contributed by atoms with E-state index in [9.17, 15) is 13.2 Å². The molecule has 0 aliphatic heterocycles. The molecule has 0 atom stereocenters. The molecular formula is C12H10F3N3O. The Labute approximate surface area is 107 Å². The highest BCUT2D eigenvalue weighted by atomic mass is 19.4. The first-order valence-electron chi connectivity index (χ1n) is 5.34. The Morgan fingerprint density at radius 1 is 1.16 bits per heavy atom. The molecule has 2 rings (SSSR count). The van der Waals surface area contributed by atoms with Gasteiger partial charge in [0.15, 0.2) is 0 Å². The van der Waals surface area contributed by atoms with Crippen LogP contribution in [-0.2, 0) is 12.7 Å². The lowest BCUT2D eigenvalue weighted by molar-refractivity contribution is -0.137. The van der Waals surface area contributed by atoms with Gasteiger partial charge in [0.1, 0.15) is 5.75 Å². The van der Waals surface area contributed by atoms with Gasteiger partial charge in [-0.3, -0.25) is 4.98 Å². The summed E-state index contributed by atoms with van der Waals surface area (Å²) >= 11 is 0. The highest BCUT2D eigenvalue weighted by molar-refractivity contribution is 5.29. The minimum absolute atomic E-state index is 0.0252. The Morgan fingerprint density at radius 3 is 2.53 bits per heavy atom. The standard InChI is InChI=1S/C12H10F3N3O/c13-12(14,15)9-3-10(7-17-6-9)19-11-2-1-8(4-16)5-18-11/h1-3,5-7H,4,16H2. The molecule has 0 radical (unpaired) electrons. The number of halogens is 3. The van der Waals surface area contributed by atoms with Crippen molar-refractivity contribution >= 4 is 0 Å². The zero-order chi connectivity index (χ0) is 13.9. The van der Waals surface area contributed by atoms with Gasteiger partial charge in [-0.05, 0) is 11.6 Å². The first-order valence-corrected chi connectivity index (χ1v) is 5.34. The molecule has 0 fully saturated rings. The lowest BCUT2D eigenvalue weighted by Crippen LogP contribution is -2.05. The second kappa shape index (κ2) is 5.23. The number of nitrogens with zero attached hydrogens (tertiary/aromatic N) is 2. The molecule has 0 aliphatic carbocycles. The van der Waals surface area contributed by atoms with Gasteiger partial charge in [-0.15, -0.1) is 0 Å². The minimum atomic E-state index is -4.46. The first kappa shape index (κ1) is 13.3.